The van der Waals surface area contributed by atoms with Gasteiger partial charge in [-0.3, -0.25) is 4.79 Å². The smallest absolute Gasteiger partial charge is 0.262 e. The van der Waals surface area contributed by atoms with Gasteiger partial charge in [0.1, 0.15) is 5.75 Å². The van der Waals surface area contributed by atoms with E-state index in [2.05, 4.69) is 21.2 Å². The van der Waals surface area contributed by atoms with Gasteiger partial charge in [0.15, 0.2) is 6.61 Å². The van der Waals surface area contributed by atoms with Crippen molar-refractivity contribution in [2.45, 2.75) is 24.7 Å². The Balaban J connectivity index is 1.64. The summed E-state index contributed by atoms with van der Waals surface area (Å²) in [5.41, 5.74) is 1.33. The predicted molar refractivity (Wildman–Crippen MR) is 107 cm³/mol. The van der Waals surface area contributed by atoms with E-state index in [0.29, 0.717) is 30.1 Å². The number of aryl methyl sites for hydroxylation is 1. The molecule has 0 aromatic heterocycles. The number of carbonyl (C=O) groups is 1. The van der Waals surface area contributed by atoms with E-state index in [-0.39, 0.29) is 17.4 Å². The molecule has 0 bridgehead atoms. The Kier molecular flexibility index (Phi) is 6.18. The third-order valence-electron chi connectivity index (χ3n) is 4.36. The van der Waals surface area contributed by atoms with Crippen LogP contribution in [-0.2, 0) is 14.8 Å². The molecular weight excluding hydrogens is 432 g/mol. The van der Waals surface area contributed by atoms with Crippen molar-refractivity contribution in [3.8, 4) is 5.75 Å². The highest BCUT2D eigenvalue weighted by Gasteiger charge is 2.27. The summed E-state index contributed by atoms with van der Waals surface area (Å²) in [4.78, 5) is 12.3. The molecule has 0 radical (unpaired) electrons. The van der Waals surface area contributed by atoms with Crippen LogP contribution in [-0.4, -0.2) is 38.3 Å². The Bertz CT molecular complexity index is 940. The van der Waals surface area contributed by atoms with Crippen molar-refractivity contribution in [3.05, 3.63) is 52.5 Å². The molecule has 3 rings (SSSR count). The van der Waals surface area contributed by atoms with Gasteiger partial charge in [-0.1, -0.05) is 12.1 Å². The second-order valence-corrected chi connectivity index (χ2v) is 9.15. The van der Waals surface area contributed by atoms with Crippen molar-refractivity contribution in [1.82, 2.24) is 4.31 Å². The molecule has 27 heavy (non-hydrogen) atoms. The number of carbonyl (C=O) groups excluding carboxylic acids is 1. The average Bonchev–Trinajstić information content (AvgIpc) is 3.18. The number of nitrogens with zero attached hydrogens (tertiary/aromatic N) is 1. The number of para-hydroxylation sites is 1. The van der Waals surface area contributed by atoms with Crippen molar-refractivity contribution >= 4 is 37.5 Å². The lowest BCUT2D eigenvalue weighted by molar-refractivity contribution is -0.118. The number of hydrogen-bond acceptors (Lipinski definition) is 4. The first kappa shape index (κ1) is 19.9. The Morgan fingerprint density at radius 3 is 2.56 bits per heavy atom. The van der Waals surface area contributed by atoms with Gasteiger partial charge < -0.3 is 10.1 Å². The summed E-state index contributed by atoms with van der Waals surface area (Å²) in [6, 6.07) is 12.0. The van der Waals surface area contributed by atoms with E-state index in [9.17, 15) is 13.2 Å². The van der Waals surface area contributed by atoms with E-state index in [1.165, 1.54) is 10.4 Å². The molecule has 2 aromatic carbocycles. The summed E-state index contributed by atoms with van der Waals surface area (Å²) in [7, 11) is -3.46. The van der Waals surface area contributed by atoms with Crippen molar-refractivity contribution in [1.29, 1.82) is 0 Å². The van der Waals surface area contributed by atoms with Gasteiger partial charge in [0.2, 0.25) is 10.0 Å². The zero-order chi connectivity index (χ0) is 19.4. The summed E-state index contributed by atoms with van der Waals surface area (Å²) in [5.74, 6) is 0.188. The largest absolute Gasteiger partial charge is 0.483 e. The number of rotatable bonds is 6. The number of anilines is 1. The summed E-state index contributed by atoms with van der Waals surface area (Å²) in [6.07, 6.45) is 1.79. The van der Waals surface area contributed by atoms with Crippen LogP contribution in [0.5, 0.6) is 5.75 Å². The monoisotopic (exact) mass is 452 g/mol. The van der Waals surface area contributed by atoms with Crippen LogP contribution in [0.3, 0.4) is 0 Å². The van der Waals surface area contributed by atoms with E-state index < -0.39 is 10.0 Å². The normalized spacial score (nSPS) is 14.9. The van der Waals surface area contributed by atoms with Crippen molar-refractivity contribution in [3.63, 3.8) is 0 Å². The zero-order valence-electron chi connectivity index (χ0n) is 14.9. The molecule has 1 N–H and O–H groups in total. The molecule has 1 aliphatic heterocycles. The van der Waals surface area contributed by atoms with E-state index in [1.807, 2.05) is 18.2 Å². The van der Waals surface area contributed by atoms with Gasteiger partial charge in [-0.2, -0.15) is 4.31 Å². The average molecular weight is 453 g/mol. The molecule has 2 aromatic rings. The Morgan fingerprint density at radius 2 is 1.89 bits per heavy atom. The minimum atomic E-state index is -3.46. The second-order valence-electron chi connectivity index (χ2n) is 6.36. The second kappa shape index (κ2) is 8.41. The molecule has 1 aliphatic rings. The maximum Gasteiger partial charge on any atom is 0.262 e. The number of sulfonamides is 1. The molecule has 1 fully saturated rings. The van der Waals surface area contributed by atoms with Gasteiger partial charge in [0, 0.05) is 17.6 Å². The molecule has 0 aliphatic carbocycles. The summed E-state index contributed by atoms with van der Waals surface area (Å²) < 4.78 is 33.1. The molecule has 0 saturated carbocycles. The third kappa shape index (κ3) is 4.69. The molecule has 0 spiro atoms. The lowest BCUT2D eigenvalue weighted by Gasteiger charge is -2.17. The van der Waals surface area contributed by atoms with Crippen LogP contribution >= 0.6 is 15.9 Å². The summed E-state index contributed by atoms with van der Waals surface area (Å²) in [6.45, 7) is 2.73. The van der Waals surface area contributed by atoms with Crippen molar-refractivity contribution < 1.29 is 17.9 Å². The summed E-state index contributed by atoms with van der Waals surface area (Å²) in [5, 5.41) is 2.76. The van der Waals surface area contributed by atoms with E-state index in [1.54, 1.807) is 25.1 Å². The SMILES string of the molecule is Cc1cc(S(=O)(=O)N2CCCC2)ccc1OCC(=O)Nc1ccccc1Br. The minimum absolute atomic E-state index is 0.166. The molecule has 8 heteroatoms. The van der Waals surface area contributed by atoms with Gasteiger partial charge in [-0.05, 0) is 71.6 Å². The van der Waals surface area contributed by atoms with E-state index in [0.717, 1.165) is 17.3 Å². The molecule has 6 nitrogen and oxygen atoms in total. The fraction of sp³-hybridized carbons (Fsp3) is 0.316. The number of benzene rings is 2. The van der Waals surface area contributed by atoms with Crippen LogP contribution in [0.4, 0.5) is 5.69 Å². The quantitative estimate of drug-likeness (QED) is 0.726. The van der Waals surface area contributed by atoms with Gasteiger partial charge >= 0.3 is 0 Å². The first-order valence-electron chi connectivity index (χ1n) is 8.66. The Labute approximate surface area is 167 Å². The molecular formula is C19H21BrN2O4S. The fourth-order valence-electron chi connectivity index (χ4n) is 2.91. The molecule has 0 atom stereocenters. The highest BCUT2D eigenvalue weighted by atomic mass is 79.9. The van der Waals surface area contributed by atoms with Crippen LogP contribution in [0.2, 0.25) is 0 Å². The molecule has 0 unspecified atom stereocenters. The molecule has 1 amide bonds. The standard InChI is InChI=1S/C19H21BrN2O4S/c1-14-12-15(27(24,25)22-10-4-5-11-22)8-9-18(14)26-13-19(23)21-17-7-3-2-6-16(17)20/h2-3,6-9,12H,4-5,10-11,13H2,1H3,(H,21,23). The number of hydrogen-bond donors (Lipinski definition) is 1. The van der Waals surface area contributed by atoms with E-state index in [4.69, 9.17) is 4.74 Å². The number of nitrogens with one attached hydrogen (secondary N) is 1. The first-order chi connectivity index (χ1) is 12.9. The Hall–Kier alpha value is -1.90. The van der Waals surface area contributed by atoms with Gasteiger partial charge in [0.25, 0.3) is 5.91 Å². The number of ether oxygens (including phenoxy) is 1. The molecule has 1 heterocycles. The molecule has 1 saturated heterocycles. The molecule has 144 valence electrons. The zero-order valence-corrected chi connectivity index (χ0v) is 17.3. The maximum atomic E-state index is 12.6. The van der Waals surface area contributed by atoms with Gasteiger partial charge in [-0.25, -0.2) is 8.42 Å². The minimum Gasteiger partial charge on any atom is -0.483 e. The van der Waals surface area contributed by atoms with Crippen LogP contribution in [0.15, 0.2) is 51.8 Å². The highest BCUT2D eigenvalue weighted by molar-refractivity contribution is 9.10. The first-order valence-corrected chi connectivity index (χ1v) is 10.9. The lowest BCUT2D eigenvalue weighted by Crippen LogP contribution is -2.27. The highest BCUT2D eigenvalue weighted by Crippen LogP contribution is 2.26. The fourth-order valence-corrected chi connectivity index (χ4v) is 4.90. The van der Waals surface area contributed by atoms with Crippen LogP contribution in [0, 0.1) is 6.92 Å². The number of amides is 1. The maximum absolute atomic E-state index is 12.6. The summed E-state index contributed by atoms with van der Waals surface area (Å²) >= 11 is 3.37. The van der Waals surface area contributed by atoms with Crippen LogP contribution in [0.1, 0.15) is 18.4 Å². The van der Waals surface area contributed by atoms with Crippen LogP contribution in [0.25, 0.3) is 0 Å². The lowest BCUT2D eigenvalue weighted by atomic mass is 10.2. The number of halogens is 1. The van der Waals surface area contributed by atoms with Crippen LogP contribution < -0.4 is 10.1 Å². The van der Waals surface area contributed by atoms with Gasteiger partial charge in [0.05, 0.1) is 10.6 Å². The topological polar surface area (TPSA) is 75.7 Å². The van der Waals surface area contributed by atoms with E-state index >= 15 is 0 Å². The van der Waals surface area contributed by atoms with Crippen molar-refractivity contribution in [2.75, 3.05) is 25.0 Å². The Morgan fingerprint density at radius 1 is 1.19 bits per heavy atom. The van der Waals surface area contributed by atoms with Gasteiger partial charge in [-0.15, -0.1) is 0 Å². The van der Waals surface area contributed by atoms with Crippen molar-refractivity contribution in [2.24, 2.45) is 0 Å². The predicted octanol–water partition coefficient (Wildman–Crippen LogP) is 3.56. The third-order valence-corrected chi connectivity index (χ3v) is 6.94.